The van der Waals surface area contributed by atoms with Crippen LogP contribution in [0.15, 0.2) is 36.4 Å². The Morgan fingerprint density at radius 1 is 1.10 bits per heavy atom. The zero-order valence-corrected chi connectivity index (χ0v) is 13.0. The number of rotatable bonds is 5. The maximum atomic E-state index is 12.9. The summed E-state index contributed by atoms with van der Waals surface area (Å²) >= 11 is 0. The molecule has 0 saturated heterocycles. The van der Waals surface area contributed by atoms with Gasteiger partial charge in [0.1, 0.15) is 0 Å². The summed E-state index contributed by atoms with van der Waals surface area (Å²) < 4.78 is 0. The van der Waals surface area contributed by atoms with Crippen LogP contribution in [-0.2, 0) is 0 Å². The van der Waals surface area contributed by atoms with E-state index in [0.717, 1.165) is 16.3 Å². The van der Waals surface area contributed by atoms with Crippen LogP contribution in [0.5, 0.6) is 0 Å². The minimum atomic E-state index is -0.607. The highest BCUT2D eigenvalue weighted by Gasteiger charge is 2.22. The summed E-state index contributed by atoms with van der Waals surface area (Å²) in [6, 6.07) is 11.7. The van der Waals surface area contributed by atoms with Gasteiger partial charge in [-0.3, -0.25) is 4.79 Å². The van der Waals surface area contributed by atoms with Crippen LogP contribution in [0, 0.1) is 0 Å². The predicted molar refractivity (Wildman–Crippen MR) is 86.5 cm³/mol. The van der Waals surface area contributed by atoms with Gasteiger partial charge < -0.3 is 10.0 Å². The van der Waals surface area contributed by atoms with E-state index in [9.17, 15) is 9.90 Å². The second-order valence-corrected chi connectivity index (χ2v) is 5.15. The molecule has 0 aliphatic carbocycles. The molecule has 21 heavy (non-hydrogen) atoms. The lowest BCUT2D eigenvalue weighted by Gasteiger charge is -2.23. The molecule has 2 aromatic rings. The van der Waals surface area contributed by atoms with Crippen LogP contribution in [0.3, 0.4) is 0 Å². The van der Waals surface area contributed by atoms with Crippen LogP contribution in [0.25, 0.3) is 10.8 Å². The van der Waals surface area contributed by atoms with E-state index < -0.39 is 6.10 Å². The van der Waals surface area contributed by atoms with Gasteiger partial charge >= 0.3 is 0 Å². The molecule has 1 atom stereocenters. The van der Waals surface area contributed by atoms with Gasteiger partial charge in [-0.2, -0.15) is 0 Å². The van der Waals surface area contributed by atoms with Gasteiger partial charge in [-0.25, -0.2) is 0 Å². The largest absolute Gasteiger partial charge is 0.388 e. The highest BCUT2D eigenvalue weighted by atomic mass is 16.3. The van der Waals surface area contributed by atoms with E-state index in [1.807, 2.05) is 57.2 Å². The predicted octanol–water partition coefficient (Wildman–Crippen LogP) is 3.77. The molecule has 0 aliphatic rings. The summed E-state index contributed by atoms with van der Waals surface area (Å²) in [6.07, 6.45) is -0.0132. The topological polar surface area (TPSA) is 40.5 Å². The quantitative estimate of drug-likeness (QED) is 0.908. The van der Waals surface area contributed by atoms with Crippen LogP contribution in [0.1, 0.15) is 49.2 Å². The minimum Gasteiger partial charge on any atom is -0.388 e. The third-order valence-corrected chi connectivity index (χ3v) is 3.97. The maximum Gasteiger partial charge on any atom is 0.254 e. The zero-order chi connectivity index (χ0) is 15.4. The molecule has 0 radical (unpaired) electrons. The summed E-state index contributed by atoms with van der Waals surface area (Å²) in [5.74, 6) is -0.000648. The lowest BCUT2D eigenvalue weighted by molar-refractivity contribution is 0.0767. The molecule has 0 aliphatic heterocycles. The Hall–Kier alpha value is -1.87. The van der Waals surface area contributed by atoms with E-state index in [4.69, 9.17) is 0 Å². The molecule has 0 fully saturated rings. The number of carbonyl (C=O) groups is 1. The highest BCUT2D eigenvalue weighted by molar-refractivity contribution is 6.08. The standard InChI is InChI=1S/C18H23NO2/c1-4-16(20)15-12-11-13-9-7-8-10-14(13)17(15)18(21)19(5-2)6-3/h7-12,16,20H,4-6H2,1-3H3/t16-/m0/s1. The van der Waals surface area contributed by atoms with E-state index >= 15 is 0 Å². The summed E-state index contributed by atoms with van der Waals surface area (Å²) in [5.41, 5.74) is 1.37. The number of hydrogen-bond acceptors (Lipinski definition) is 2. The Morgan fingerprint density at radius 3 is 2.38 bits per heavy atom. The Labute approximate surface area is 126 Å². The van der Waals surface area contributed by atoms with Gasteiger partial charge in [-0.15, -0.1) is 0 Å². The highest BCUT2D eigenvalue weighted by Crippen LogP contribution is 2.29. The number of aliphatic hydroxyl groups excluding tert-OH is 1. The van der Waals surface area contributed by atoms with E-state index in [2.05, 4.69) is 0 Å². The van der Waals surface area contributed by atoms with Crippen molar-refractivity contribution in [3.05, 3.63) is 47.5 Å². The van der Waals surface area contributed by atoms with E-state index in [1.165, 1.54) is 0 Å². The first kappa shape index (κ1) is 15.5. The SMILES string of the molecule is CC[C@H](O)c1ccc2ccccc2c1C(=O)N(CC)CC. The van der Waals surface area contributed by atoms with Gasteiger partial charge in [0.25, 0.3) is 5.91 Å². The molecule has 0 unspecified atom stereocenters. The molecule has 1 N–H and O–H groups in total. The molecule has 3 heteroatoms. The van der Waals surface area contributed by atoms with Crippen molar-refractivity contribution in [2.75, 3.05) is 13.1 Å². The average Bonchev–Trinajstić information content (AvgIpc) is 2.53. The second kappa shape index (κ2) is 6.72. The van der Waals surface area contributed by atoms with Gasteiger partial charge in [0, 0.05) is 13.1 Å². The maximum absolute atomic E-state index is 12.9. The molecular weight excluding hydrogens is 262 g/mol. The van der Waals surface area contributed by atoms with Crippen molar-refractivity contribution in [1.82, 2.24) is 4.90 Å². The summed E-state index contributed by atoms with van der Waals surface area (Å²) in [4.78, 5) is 14.7. The van der Waals surface area contributed by atoms with Gasteiger partial charge in [-0.1, -0.05) is 43.3 Å². The lowest BCUT2D eigenvalue weighted by Crippen LogP contribution is -2.31. The monoisotopic (exact) mass is 285 g/mol. The molecule has 112 valence electrons. The lowest BCUT2D eigenvalue weighted by atomic mass is 9.93. The Balaban J connectivity index is 2.69. The Kier molecular flexibility index (Phi) is 4.97. The van der Waals surface area contributed by atoms with Gasteiger partial charge in [0.2, 0.25) is 0 Å². The van der Waals surface area contributed by atoms with Gasteiger partial charge in [0.15, 0.2) is 0 Å². The van der Waals surface area contributed by atoms with E-state index in [1.54, 1.807) is 4.90 Å². The fraction of sp³-hybridized carbons (Fsp3) is 0.389. The third-order valence-electron chi connectivity index (χ3n) is 3.97. The molecule has 0 bridgehead atoms. The summed E-state index contributed by atoms with van der Waals surface area (Å²) in [5, 5.41) is 12.2. The number of nitrogens with zero attached hydrogens (tertiary/aromatic N) is 1. The normalized spacial score (nSPS) is 12.4. The van der Waals surface area contributed by atoms with Crippen LogP contribution in [-0.4, -0.2) is 29.0 Å². The van der Waals surface area contributed by atoms with Crippen molar-refractivity contribution < 1.29 is 9.90 Å². The average molecular weight is 285 g/mol. The molecule has 2 aromatic carbocycles. The molecule has 0 spiro atoms. The van der Waals surface area contributed by atoms with E-state index in [-0.39, 0.29) is 5.91 Å². The van der Waals surface area contributed by atoms with Crippen LogP contribution < -0.4 is 0 Å². The first-order chi connectivity index (χ1) is 10.1. The Morgan fingerprint density at radius 2 is 1.76 bits per heavy atom. The first-order valence-electron chi connectivity index (χ1n) is 7.62. The van der Waals surface area contributed by atoms with Crippen molar-refractivity contribution in [2.24, 2.45) is 0 Å². The third kappa shape index (κ3) is 2.93. The van der Waals surface area contributed by atoms with Crippen LogP contribution in [0.2, 0.25) is 0 Å². The minimum absolute atomic E-state index is 0.000648. The smallest absolute Gasteiger partial charge is 0.254 e. The molecule has 1 amide bonds. The van der Waals surface area contributed by atoms with Crippen molar-refractivity contribution >= 4 is 16.7 Å². The first-order valence-corrected chi connectivity index (χ1v) is 7.62. The number of amides is 1. The molecular formula is C18H23NO2. The number of fused-ring (bicyclic) bond motifs is 1. The van der Waals surface area contributed by atoms with Crippen molar-refractivity contribution in [3.8, 4) is 0 Å². The van der Waals surface area contributed by atoms with Crippen molar-refractivity contribution in [2.45, 2.75) is 33.3 Å². The molecule has 3 nitrogen and oxygen atoms in total. The molecule has 0 aromatic heterocycles. The van der Waals surface area contributed by atoms with Gasteiger partial charge in [-0.05, 0) is 36.6 Å². The zero-order valence-electron chi connectivity index (χ0n) is 13.0. The molecule has 0 heterocycles. The van der Waals surface area contributed by atoms with Crippen molar-refractivity contribution in [3.63, 3.8) is 0 Å². The van der Waals surface area contributed by atoms with Gasteiger partial charge in [0.05, 0.1) is 11.7 Å². The fourth-order valence-electron chi connectivity index (χ4n) is 2.69. The number of carbonyl (C=O) groups excluding carboxylic acids is 1. The molecule has 2 rings (SSSR count). The van der Waals surface area contributed by atoms with Crippen LogP contribution >= 0.6 is 0 Å². The summed E-state index contributed by atoms with van der Waals surface area (Å²) in [6.45, 7) is 7.21. The molecule has 0 saturated carbocycles. The van der Waals surface area contributed by atoms with Crippen molar-refractivity contribution in [1.29, 1.82) is 0 Å². The Bertz CT molecular complexity index is 632. The fourth-order valence-corrected chi connectivity index (χ4v) is 2.69. The van der Waals surface area contributed by atoms with Crippen LogP contribution in [0.4, 0.5) is 0 Å². The number of benzene rings is 2. The van der Waals surface area contributed by atoms with E-state index in [0.29, 0.717) is 25.1 Å². The number of aliphatic hydroxyl groups is 1. The number of hydrogen-bond donors (Lipinski definition) is 1. The second-order valence-electron chi connectivity index (χ2n) is 5.15. The summed E-state index contributed by atoms with van der Waals surface area (Å²) in [7, 11) is 0.